The molecule has 5 nitrogen and oxygen atoms in total. The summed E-state index contributed by atoms with van der Waals surface area (Å²) in [4.78, 5) is 14.1. The summed E-state index contributed by atoms with van der Waals surface area (Å²) in [5.74, 6) is 0.484. The van der Waals surface area contributed by atoms with Crippen LogP contribution in [0, 0.1) is 5.92 Å². The Kier molecular flexibility index (Phi) is 6.26. The summed E-state index contributed by atoms with van der Waals surface area (Å²) < 4.78 is 16.4. The van der Waals surface area contributed by atoms with Gasteiger partial charge in [0.05, 0.1) is 19.1 Å². The molecule has 0 N–H and O–H groups in total. The second kappa shape index (κ2) is 7.96. The summed E-state index contributed by atoms with van der Waals surface area (Å²) in [5.41, 5.74) is 0. The molecule has 0 aromatic carbocycles. The van der Waals surface area contributed by atoms with E-state index in [1.54, 1.807) is 0 Å². The number of hydrogen-bond acceptors (Lipinski definition) is 5. The van der Waals surface area contributed by atoms with Crippen molar-refractivity contribution in [1.82, 2.24) is 4.90 Å². The van der Waals surface area contributed by atoms with E-state index in [2.05, 4.69) is 18.7 Å². The number of carbonyl (C=O) groups is 1. The highest BCUT2D eigenvalue weighted by Crippen LogP contribution is 2.16. The first-order valence-electron chi connectivity index (χ1n) is 7.74. The van der Waals surface area contributed by atoms with Crippen molar-refractivity contribution in [3.05, 3.63) is 0 Å². The third-order valence-corrected chi connectivity index (χ3v) is 3.69. The van der Waals surface area contributed by atoms with Crippen LogP contribution in [0.5, 0.6) is 0 Å². The fourth-order valence-electron chi connectivity index (χ4n) is 2.80. The van der Waals surface area contributed by atoms with Crippen molar-refractivity contribution in [1.29, 1.82) is 0 Å². The van der Waals surface area contributed by atoms with Gasteiger partial charge in [-0.3, -0.25) is 9.69 Å². The highest BCUT2D eigenvalue weighted by molar-refractivity contribution is 5.70. The van der Waals surface area contributed by atoms with Gasteiger partial charge in [0.1, 0.15) is 12.7 Å². The minimum atomic E-state index is -0.165. The Morgan fingerprint density at radius 3 is 2.80 bits per heavy atom. The first kappa shape index (κ1) is 15.7. The van der Waals surface area contributed by atoms with Crippen LogP contribution in [0.1, 0.15) is 33.1 Å². The van der Waals surface area contributed by atoms with Gasteiger partial charge in [0, 0.05) is 26.2 Å². The number of nitrogens with zero attached hydrogens (tertiary/aromatic N) is 1. The van der Waals surface area contributed by atoms with Crippen LogP contribution in [-0.4, -0.2) is 62.5 Å². The van der Waals surface area contributed by atoms with Crippen LogP contribution in [0.15, 0.2) is 0 Å². The number of hydrogen-bond donors (Lipinski definition) is 0. The summed E-state index contributed by atoms with van der Waals surface area (Å²) in [7, 11) is 0. The number of esters is 1. The standard InChI is InChI=1S/C15H27NO4/c1-12(2)9-16-5-7-19-14(10-16)11-20-15(17)8-13-4-3-6-18-13/h12-14H,3-11H2,1-2H3. The fraction of sp³-hybridized carbons (Fsp3) is 0.933. The van der Waals surface area contributed by atoms with Crippen LogP contribution in [0.3, 0.4) is 0 Å². The lowest BCUT2D eigenvalue weighted by atomic mass is 10.2. The van der Waals surface area contributed by atoms with E-state index in [0.29, 0.717) is 18.9 Å². The van der Waals surface area contributed by atoms with Crippen molar-refractivity contribution in [3.8, 4) is 0 Å². The molecule has 2 aliphatic rings. The Labute approximate surface area is 121 Å². The van der Waals surface area contributed by atoms with E-state index in [1.807, 2.05) is 0 Å². The van der Waals surface area contributed by atoms with E-state index in [-0.39, 0.29) is 18.2 Å². The topological polar surface area (TPSA) is 48.0 Å². The van der Waals surface area contributed by atoms with Crippen LogP contribution in [0.4, 0.5) is 0 Å². The Balaban J connectivity index is 1.63. The second-order valence-electron chi connectivity index (χ2n) is 6.17. The lowest BCUT2D eigenvalue weighted by Gasteiger charge is -2.33. The molecule has 2 aliphatic heterocycles. The molecule has 0 bridgehead atoms. The Morgan fingerprint density at radius 1 is 1.30 bits per heavy atom. The number of carbonyl (C=O) groups excluding carboxylic acids is 1. The Morgan fingerprint density at radius 2 is 2.10 bits per heavy atom. The molecule has 116 valence electrons. The highest BCUT2D eigenvalue weighted by atomic mass is 16.6. The smallest absolute Gasteiger partial charge is 0.308 e. The number of morpholine rings is 1. The van der Waals surface area contributed by atoms with E-state index in [1.165, 1.54) is 0 Å². The van der Waals surface area contributed by atoms with Crippen molar-refractivity contribution in [3.63, 3.8) is 0 Å². The predicted octanol–water partition coefficient (Wildman–Crippen LogP) is 1.46. The summed E-state index contributed by atoms with van der Waals surface area (Å²) >= 11 is 0. The second-order valence-corrected chi connectivity index (χ2v) is 6.17. The van der Waals surface area contributed by atoms with Crippen LogP contribution in [0.25, 0.3) is 0 Å². The molecular formula is C15H27NO4. The van der Waals surface area contributed by atoms with Gasteiger partial charge in [0.15, 0.2) is 0 Å². The van der Waals surface area contributed by atoms with Crippen LogP contribution in [0.2, 0.25) is 0 Å². The zero-order valence-electron chi connectivity index (χ0n) is 12.7. The van der Waals surface area contributed by atoms with Gasteiger partial charge in [-0.25, -0.2) is 0 Å². The molecule has 2 fully saturated rings. The minimum absolute atomic E-state index is 0.0101. The maximum absolute atomic E-state index is 11.7. The zero-order chi connectivity index (χ0) is 14.4. The molecule has 0 saturated carbocycles. The molecule has 0 radical (unpaired) electrons. The molecule has 0 aromatic rings. The van der Waals surface area contributed by atoms with Crippen molar-refractivity contribution < 1.29 is 19.0 Å². The molecule has 20 heavy (non-hydrogen) atoms. The van der Waals surface area contributed by atoms with Gasteiger partial charge in [-0.15, -0.1) is 0 Å². The molecule has 0 aromatic heterocycles. The lowest BCUT2D eigenvalue weighted by molar-refractivity contribution is -0.153. The van der Waals surface area contributed by atoms with Crippen LogP contribution >= 0.6 is 0 Å². The van der Waals surface area contributed by atoms with Gasteiger partial charge in [0.25, 0.3) is 0 Å². The first-order chi connectivity index (χ1) is 9.63. The molecule has 0 amide bonds. The van der Waals surface area contributed by atoms with Crippen LogP contribution < -0.4 is 0 Å². The summed E-state index contributed by atoms with van der Waals surface area (Å²) in [5, 5.41) is 0. The van der Waals surface area contributed by atoms with E-state index in [0.717, 1.165) is 45.7 Å². The Bertz CT molecular complexity index is 302. The van der Waals surface area contributed by atoms with Crippen LogP contribution in [-0.2, 0) is 19.0 Å². The average Bonchev–Trinajstić information content (AvgIpc) is 2.89. The maximum Gasteiger partial charge on any atom is 0.308 e. The first-order valence-corrected chi connectivity index (χ1v) is 7.74. The van der Waals surface area contributed by atoms with Gasteiger partial charge < -0.3 is 14.2 Å². The van der Waals surface area contributed by atoms with Crippen molar-refractivity contribution >= 4 is 5.97 Å². The summed E-state index contributed by atoms with van der Waals surface area (Å²) in [6.45, 7) is 9.18. The normalized spacial score (nSPS) is 27.9. The predicted molar refractivity (Wildman–Crippen MR) is 75.6 cm³/mol. The molecule has 2 atom stereocenters. The van der Waals surface area contributed by atoms with Crippen molar-refractivity contribution in [2.75, 3.05) is 39.5 Å². The lowest BCUT2D eigenvalue weighted by Crippen LogP contribution is -2.46. The van der Waals surface area contributed by atoms with E-state index < -0.39 is 0 Å². The third kappa shape index (κ3) is 5.38. The minimum Gasteiger partial charge on any atom is -0.463 e. The summed E-state index contributed by atoms with van der Waals surface area (Å²) in [6, 6.07) is 0. The van der Waals surface area contributed by atoms with E-state index >= 15 is 0 Å². The van der Waals surface area contributed by atoms with Gasteiger partial charge in [-0.1, -0.05) is 13.8 Å². The molecule has 2 saturated heterocycles. The molecule has 0 spiro atoms. The van der Waals surface area contributed by atoms with Gasteiger partial charge in [0.2, 0.25) is 0 Å². The molecule has 2 rings (SSSR count). The fourth-order valence-corrected chi connectivity index (χ4v) is 2.80. The van der Waals surface area contributed by atoms with E-state index in [4.69, 9.17) is 14.2 Å². The van der Waals surface area contributed by atoms with Crippen molar-refractivity contribution in [2.45, 2.75) is 45.3 Å². The van der Waals surface area contributed by atoms with Gasteiger partial charge in [-0.2, -0.15) is 0 Å². The van der Waals surface area contributed by atoms with Gasteiger partial charge >= 0.3 is 5.97 Å². The molecule has 2 heterocycles. The monoisotopic (exact) mass is 285 g/mol. The maximum atomic E-state index is 11.7. The highest BCUT2D eigenvalue weighted by Gasteiger charge is 2.24. The van der Waals surface area contributed by atoms with Gasteiger partial charge in [-0.05, 0) is 18.8 Å². The summed E-state index contributed by atoms with van der Waals surface area (Å²) in [6.07, 6.45) is 2.47. The average molecular weight is 285 g/mol. The zero-order valence-corrected chi connectivity index (χ0v) is 12.7. The molecule has 2 unspecified atom stereocenters. The third-order valence-electron chi connectivity index (χ3n) is 3.69. The SMILES string of the molecule is CC(C)CN1CCOC(COC(=O)CC2CCCO2)C1. The largest absolute Gasteiger partial charge is 0.463 e. The number of rotatable bonds is 6. The quantitative estimate of drug-likeness (QED) is 0.691. The number of ether oxygens (including phenoxy) is 3. The van der Waals surface area contributed by atoms with E-state index in [9.17, 15) is 4.79 Å². The molecule has 0 aliphatic carbocycles. The van der Waals surface area contributed by atoms with Crippen molar-refractivity contribution in [2.24, 2.45) is 5.92 Å². The molecule has 5 heteroatoms. The Hall–Kier alpha value is -0.650. The molecular weight excluding hydrogens is 258 g/mol.